The molecule has 3 rings (SSSR count). The quantitative estimate of drug-likeness (QED) is 0.841. The average molecular weight is 386 g/mol. The summed E-state index contributed by atoms with van der Waals surface area (Å²) in [6, 6.07) is 14.0. The van der Waals surface area contributed by atoms with Gasteiger partial charge in [0.25, 0.3) is 0 Å². The first-order chi connectivity index (χ1) is 12.9. The van der Waals surface area contributed by atoms with E-state index in [1.165, 1.54) is 5.56 Å². The highest BCUT2D eigenvalue weighted by atomic mass is 35.5. The molecule has 1 fully saturated rings. The van der Waals surface area contributed by atoms with Gasteiger partial charge in [-0.3, -0.25) is 14.6 Å². The number of carbonyl (C=O) groups is 1. The molecule has 0 bridgehead atoms. The molecule has 0 spiro atoms. The van der Waals surface area contributed by atoms with E-state index < -0.39 is 0 Å². The molecule has 1 unspecified atom stereocenters. The number of aryl methyl sites for hydroxylation is 2. The van der Waals surface area contributed by atoms with Crippen molar-refractivity contribution in [3.05, 3.63) is 64.2 Å². The monoisotopic (exact) mass is 385 g/mol. The van der Waals surface area contributed by atoms with Crippen LogP contribution >= 0.6 is 11.6 Å². The minimum Gasteiger partial charge on any atom is -0.324 e. The summed E-state index contributed by atoms with van der Waals surface area (Å²) >= 11 is 6.08. The lowest BCUT2D eigenvalue weighted by molar-refractivity contribution is -0.121. The zero-order chi connectivity index (χ0) is 19.4. The average Bonchev–Trinajstić information content (AvgIpc) is 2.65. The zero-order valence-corrected chi connectivity index (χ0v) is 17.1. The van der Waals surface area contributed by atoms with E-state index in [0.29, 0.717) is 0 Å². The van der Waals surface area contributed by atoms with E-state index in [2.05, 4.69) is 27.2 Å². The van der Waals surface area contributed by atoms with Gasteiger partial charge >= 0.3 is 0 Å². The highest BCUT2D eigenvalue weighted by molar-refractivity contribution is 6.30. The van der Waals surface area contributed by atoms with Gasteiger partial charge in [0.15, 0.2) is 0 Å². The number of nitrogens with one attached hydrogen (secondary N) is 1. The van der Waals surface area contributed by atoms with Gasteiger partial charge in [-0.25, -0.2) is 0 Å². The van der Waals surface area contributed by atoms with Gasteiger partial charge in [0.05, 0.1) is 6.04 Å². The number of nitrogens with zero attached hydrogens (tertiary/aromatic N) is 2. The summed E-state index contributed by atoms with van der Waals surface area (Å²) in [7, 11) is 0. The van der Waals surface area contributed by atoms with Crippen LogP contribution in [-0.2, 0) is 11.3 Å². The maximum Gasteiger partial charge on any atom is 0.241 e. The third kappa shape index (κ3) is 5.32. The predicted octanol–water partition coefficient (Wildman–Crippen LogP) is 4.10. The first kappa shape index (κ1) is 19.9. The molecule has 1 heterocycles. The van der Waals surface area contributed by atoms with Gasteiger partial charge in [-0.2, -0.15) is 0 Å². The smallest absolute Gasteiger partial charge is 0.241 e. The second kappa shape index (κ2) is 8.87. The number of carbonyl (C=O) groups excluding carboxylic acids is 1. The number of anilines is 1. The first-order valence-electron chi connectivity index (χ1n) is 9.51. The SMILES string of the molecule is Cc1ccc(C)c(NC(=O)C(C)N2CCN(Cc3cccc(Cl)c3)CC2)c1. The Balaban J connectivity index is 1.52. The molecule has 1 amide bonds. The van der Waals surface area contributed by atoms with Crippen LogP contribution in [0.4, 0.5) is 5.69 Å². The highest BCUT2D eigenvalue weighted by Crippen LogP contribution is 2.18. The number of rotatable bonds is 5. The molecule has 1 aliphatic rings. The molecule has 2 aromatic rings. The summed E-state index contributed by atoms with van der Waals surface area (Å²) in [6.45, 7) is 10.6. The van der Waals surface area contributed by atoms with Crippen LogP contribution in [0.15, 0.2) is 42.5 Å². The summed E-state index contributed by atoms with van der Waals surface area (Å²) < 4.78 is 0. The molecular formula is C22H28ClN3O. The van der Waals surface area contributed by atoms with E-state index in [4.69, 9.17) is 11.6 Å². The fourth-order valence-electron chi connectivity index (χ4n) is 3.48. The number of benzene rings is 2. The van der Waals surface area contributed by atoms with E-state index in [1.54, 1.807) is 0 Å². The number of piperazine rings is 1. The minimum atomic E-state index is -0.141. The Hall–Kier alpha value is -1.88. The molecule has 1 aliphatic heterocycles. The number of amides is 1. The standard InChI is InChI=1S/C22H28ClN3O/c1-16-7-8-17(2)21(13-16)24-22(27)18(3)26-11-9-25(10-12-26)15-19-5-4-6-20(23)14-19/h4-8,13-14,18H,9-12,15H2,1-3H3,(H,24,27). The van der Waals surface area contributed by atoms with Crippen molar-refractivity contribution < 1.29 is 4.79 Å². The highest BCUT2D eigenvalue weighted by Gasteiger charge is 2.25. The maximum absolute atomic E-state index is 12.7. The molecule has 0 saturated carbocycles. The summed E-state index contributed by atoms with van der Waals surface area (Å²) in [5.41, 5.74) is 4.38. The van der Waals surface area contributed by atoms with Crippen molar-refractivity contribution in [3.8, 4) is 0 Å². The molecule has 5 heteroatoms. The van der Waals surface area contributed by atoms with Crippen LogP contribution in [0.1, 0.15) is 23.6 Å². The van der Waals surface area contributed by atoms with Gasteiger partial charge in [-0.05, 0) is 55.7 Å². The van der Waals surface area contributed by atoms with Crippen molar-refractivity contribution in [1.82, 2.24) is 9.80 Å². The van der Waals surface area contributed by atoms with E-state index >= 15 is 0 Å². The van der Waals surface area contributed by atoms with Crippen LogP contribution in [0.5, 0.6) is 0 Å². The summed E-state index contributed by atoms with van der Waals surface area (Å²) in [6.07, 6.45) is 0. The molecule has 4 nitrogen and oxygen atoms in total. The van der Waals surface area contributed by atoms with Crippen LogP contribution in [-0.4, -0.2) is 47.9 Å². The van der Waals surface area contributed by atoms with Crippen molar-refractivity contribution in [1.29, 1.82) is 0 Å². The van der Waals surface area contributed by atoms with Gasteiger partial charge < -0.3 is 5.32 Å². The Morgan fingerprint density at radius 2 is 1.85 bits per heavy atom. The van der Waals surface area contributed by atoms with E-state index in [1.807, 2.05) is 51.1 Å². The lowest BCUT2D eigenvalue weighted by Crippen LogP contribution is -2.52. The Bertz CT molecular complexity index is 800. The van der Waals surface area contributed by atoms with Crippen molar-refractivity contribution in [2.75, 3.05) is 31.5 Å². The molecule has 0 aliphatic carbocycles. The maximum atomic E-state index is 12.7. The second-order valence-corrected chi connectivity index (χ2v) is 7.86. The fraction of sp³-hybridized carbons (Fsp3) is 0.409. The molecule has 2 aromatic carbocycles. The molecule has 1 saturated heterocycles. The van der Waals surface area contributed by atoms with Crippen molar-refractivity contribution in [2.45, 2.75) is 33.4 Å². The van der Waals surface area contributed by atoms with Crippen LogP contribution in [0.2, 0.25) is 5.02 Å². The Labute approximate surface area is 167 Å². The Kier molecular flexibility index (Phi) is 6.53. The van der Waals surface area contributed by atoms with Crippen molar-refractivity contribution >= 4 is 23.2 Å². The van der Waals surface area contributed by atoms with Gasteiger partial charge in [0.1, 0.15) is 0 Å². The summed E-state index contributed by atoms with van der Waals surface area (Å²) in [4.78, 5) is 17.4. The number of hydrogen-bond donors (Lipinski definition) is 1. The topological polar surface area (TPSA) is 35.6 Å². The minimum absolute atomic E-state index is 0.0620. The predicted molar refractivity (Wildman–Crippen MR) is 112 cm³/mol. The third-order valence-electron chi connectivity index (χ3n) is 5.28. The second-order valence-electron chi connectivity index (χ2n) is 7.43. The summed E-state index contributed by atoms with van der Waals surface area (Å²) in [5.74, 6) is 0.0620. The molecule has 27 heavy (non-hydrogen) atoms. The van der Waals surface area contributed by atoms with Crippen LogP contribution in [0.25, 0.3) is 0 Å². The lowest BCUT2D eigenvalue weighted by atomic mass is 10.1. The first-order valence-corrected chi connectivity index (χ1v) is 9.89. The van der Waals surface area contributed by atoms with E-state index in [9.17, 15) is 4.79 Å². The van der Waals surface area contributed by atoms with Gasteiger partial charge in [0, 0.05) is 43.4 Å². The Morgan fingerprint density at radius 3 is 2.56 bits per heavy atom. The number of halogens is 1. The van der Waals surface area contributed by atoms with Crippen molar-refractivity contribution in [3.63, 3.8) is 0 Å². The number of hydrogen-bond acceptors (Lipinski definition) is 3. The fourth-order valence-corrected chi connectivity index (χ4v) is 3.69. The molecular weight excluding hydrogens is 358 g/mol. The van der Waals surface area contributed by atoms with Gasteiger partial charge in [-0.15, -0.1) is 0 Å². The normalized spacial score (nSPS) is 16.9. The molecule has 0 radical (unpaired) electrons. The Morgan fingerprint density at radius 1 is 1.11 bits per heavy atom. The van der Waals surface area contributed by atoms with Crippen LogP contribution in [0, 0.1) is 13.8 Å². The van der Waals surface area contributed by atoms with Gasteiger partial charge in [0.2, 0.25) is 5.91 Å². The molecule has 0 aromatic heterocycles. The van der Waals surface area contributed by atoms with Gasteiger partial charge in [-0.1, -0.05) is 35.9 Å². The summed E-state index contributed by atoms with van der Waals surface area (Å²) in [5, 5.41) is 3.88. The van der Waals surface area contributed by atoms with E-state index in [-0.39, 0.29) is 11.9 Å². The largest absolute Gasteiger partial charge is 0.324 e. The van der Waals surface area contributed by atoms with Crippen LogP contribution < -0.4 is 5.32 Å². The third-order valence-corrected chi connectivity index (χ3v) is 5.52. The molecule has 1 N–H and O–H groups in total. The van der Waals surface area contributed by atoms with E-state index in [0.717, 1.165) is 54.6 Å². The zero-order valence-electron chi connectivity index (χ0n) is 16.3. The lowest BCUT2D eigenvalue weighted by Gasteiger charge is -2.37. The molecule has 1 atom stereocenters. The van der Waals surface area contributed by atoms with Crippen LogP contribution in [0.3, 0.4) is 0 Å². The molecule has 144 valence electrons. The van der Waals surface area contributed by atoms with Crippen molar-refractivity contribution in [2.24, 2.45) is 0 Å².